The maximum Gasteiger partial charge on any atom is 0.407 e. The van der Waals surface area contributed by atoms with Crippen molar-refractivity contribution in [3.05, 3.63) is 156 Å². The largest absolute Gasteiger partial charge is 0.445 e. The molecule has 2 N–H and O–H groups in total. The number of nitrogens with one attached hydrogen (secondary N) is 2. The van der Waals surface area contributed by atoms with E-state index in [2.05, 4.69) is 10.6 Å². The molecule has 0 unspecified atom stereocenters. The molecule has 4 rings (SSSR count). The van der Waals surface area contributed by atoms with Gasteiger partial charge >= 0.3 is 12.2 Å². The molecule has 0 saturated carbocycles. The Kier molecular flexibility index (Phi) is 10.9. The molecule has 4 aromatic rings. The standard InChI is InChI=1S/C34H34N2O4/c37-33(39-25-29-17-9-3-10-18-29)35-31(23-27-13-5-1-6-14-27)21-22-32(24-28-15-7-2-8-16-28)36-34(38)40-26-30-19-11-4-12-20-30/h1-22,31-32H,23-26H2,(H,35,37)(H,36,38)/b22-21+/t31-,32-/m1/s1. The molecule has 204 valence electrons. The summed E-state index contributed by atoms with van der Waals surface area (Å²) in [6.45, 7) is 0.361. The van der Waals surface area contributed by atoms with Gasteiger partial charge in [-0.2, -0.15) is 0 Å². The van der Waals surface area contributed by atoms with Crippen molar-refractivity contribution in [3.8, 4) is 0 Å². The lowest BCUT2D eigenvalue weighted by atomic mass is 10.0. The number of ether oxygens (including phenoxy) is 2. The van der Waals surface area contributed by atoms with Crippen molar-refractivity contribution in [1.29, 1.82) is 0 Å². The summed E-state index contributed by atoms with van der Waals surface area (Å²) in [7, 11) is 0. The average Bonchev–Trinajstić information content (AvgIpc) is 3.00. The fourth-order valence-electron chi connectivity index (χ4n) is 4.17. The highest BCUT2D eigenvalue weighted by molar-refractivity contribution is 5.68. The lowest BCUT2D eigenvalue weighted by molar-refractivity contribution is 0.136. The quantitative estimate of drug-likeness (QED) is 0.200. The van der Waals surface area contributed by atoms with Crippen LogP contribution in [0.4, 0.5) is 9.59 Å². The first-order chi connectivity index (χ1) is 19.6. The molecule has 0 bridgehead atoms. The van der Waals surface area contributed by atoms with Gasteiger partial charge in [-0.1, -0.05) is 133 Å². The monoisotopic (exact) mass is 534 g/mol. The maximum absolute atomic E-state index is 12.7. The Hall–Kier alpha value is -4.84. The first kappa shape index (κ1) is 28.2. The second kappa shape index (κ2) is 15.5. The smallest absolute Gasteiger partial charge is 0.407 e. The van der Waals surface area contributed by atoms with Crippen LogP contribution in [0.15, 0.2) is 133 Å². The van der Waals surface area contributed by atoms with Crippen LogP contribution in [0.25, 0.3) is 0 Å². The van der Waals surface area contributed by atoms with Crippen molar-refractivity contribution in [2.75, 3.05) is 0 Å². The minimum absolute atomic E-state index is 0.180. The number of carbonyl (C=O) groups excluding carboxylic acids is 2. The van der Waals surface area contributed by atoms with Crippen molar-refractivity contribution < 1.29 is 19.1 Å². The molecule has 2 amide bonds. The number of benzene rings is 4. The number of hydrogen-bond donors (Lipinski definition) is 2. The van der Waals surface area contributed by atoms with Gasteiger partial charge in [0.25, 0.3) is 0 Å². The van der Waals surface area contributed by atoms with Gasteiger partial charge in [0.15, 0.2) is 0 Å². The second-order valence-electron chi connectivity index (χ2n) is 9.39. The molecule has 6 nitrogen and oxygen atoms in total. The Morgan fingerprint density at radius 3 is 1.12 bits per heavy atom. The van der Waals surface area contributed by atoms with Crippen LogP contribution < -0.4 is 10.6 Å². The summed E-state index contributed by atoms with van der Waals surface area (Å²) in [5.41, 5.74) is 3.95. The predicted octanol–water partition coefficient (Wildman–Crippen LogP) is 6.62. The molecule has 2 atom stereocenters. The van der Waals surface area contributed by atoms with Crippen LogP contribution in [0, 0.1) is 0 Å². The molecule has 0 heterocycles. The van der Waals surface area contributed by atoms with Crippen molar-refractivity contribution >= 4 is 12.2 Å². The van der Waals surface area contributed by atoms with Gasteiger partial charge in [-0.05, 0) is 35.1 Å². The molecule has 0 aliphatic rings. The predicted molar refractivity (Wildman–Crippen MR) is 157 cm³/mol. The van der Waals surface area contributed by atoms with Gasteiger partial charge in [-0.3, -0.25) is 0 Å². The molecule has 6 heteroatoms. The van der Waals surface area contributed by atoms with E-state index in [4.69, 9.17) is 9.47 Å². The van der Waals surface area contributed by atoms with Gasteiger partial charge in [0.05, 0.1) is 12.1 Å². The minimum atomic E-state index is -0.510. The average molecular weight is 535 g/mol. The lowest BCUT2D eigenvalue weighted by Gasteiger charge is -2.19. The molecule has 40 heavy (non-hydrogen) atoms. The number of carbonyl (C=O) groups is 2. The number of amides is 2. The van der Waals surface area contributed by atoms with Crippen LogP contribution in [-0.4, -0.2) is 24.3 Å². The lowest BCUT2D eigenvalue weighted by Crippen LogP contribution is -2.38. The Labute approximate surface area is 235 Å². The van der Waals surface area contributed by atoms with Crippen LogP contribution in [0.5, 0.6) is 0 Å². The summed E-state index contributed by atoms with van der Waals surface area (Å²) in [5.74, 6) is 0. The van der Waals surface area contributed by atoms with Crippen molar-refractivity contribution in [2.45, 2.75) is 38.1 Å². The molecule has 0 spiro atoms. The van der Waals surface area contributed by atoms with E-state index >= 15 is 0 Å². The molecule has 0 radical (unpaired) electrons. The van der Waals surface area contributed by atoms with Crippen LogP contribution in [0.3, 0.4) is 0 Å². The zero-order valence-electron chi connectivity index (χ0n) is 22.3. The molecular formula is C34H34N2O4. The number of hydrogen-bond acceptors (Lipinski definition) is 4. The van der Waals surface area contributed by atoms with Gasteiger partial charge in [0.2, 0.25) is 0 Å². The molecule has 0 aliphatic carbocycles. The van der Waals surface area contributed by atoms with Gasteiger partial charge in [0.1, 0.15) is 13.2 Å². The summed E-state index contributed by atoms with van der Waals surface area (Å²) in [6, 6.07) is 38.2. The summed E-state index contributed by atoms with van der Waals surface area (Å²) in [5, 5.41) is 5.93. The van der Waals surface area contributed by atoms with Gasteiger partial charge < -0.3 is 20.1 Å². The topological polar surface area (TPSA) is 76.7 Å². The molecule has 0 aliphatic heterocycles. The number of rotatable bonds is 12. The molecule has 0 aromatic heterocycles. The third kappa shape index (κ3) is 10.1. The first-order valence-electron chi connectivity index (χ1n) is 13.3. The fourth-order valence-corrected chi connectivity index (χ4v) is 4.17. The highest BCUT2D eigenvalue weighted by Gasteiger charge is 2.15. The van der Waals surface area contributed by atoms with E-state index in [0.717, 1.165) is 22.3 Å². The van der Waals surface area contributed by atoms with E-state index in [1.807, 2.05) is 133 Å². The molecular weight excluding hydrogens is 500 g/mol. The van der Waals surface area contributed by atoms with Gasteiger partial charge in [-0.25, -0.2) is 9.59 Å². The summed E-state index contributed by atoms with van der Waals surface area (Å²) in [6.07, 6.45) is 3.92. The normalized spacial score (nSPS) is 12.3. The highest BCUT2D eigenvalue weighted by Crippen LogP contribution is 2.10. The van der Waals surface area contributed by atoms with Crippen molar-refractivity contribution in [1.82, 2.24) is 10.6 Å². The van der Waals surface area contributed by atoms with Crippen molar-refractivity contribution in [3.63, 3.8) is 0 Å². The van der Waals surface area contributed by atoms with E-state index in [9.17, 15) is 9.59 Å². The Morgan fingerprint density at radius 1 is 0.500 bits per heavy atom. The third-order valence-electron chi connectivity index (χ3n) is 6.20. The van der Waals surface area contributed by atoms with Crippen LogP contribution in [-0.2, 0) is 35.5 Å². The van der Waals surface area contributed by atoms with E-state index < -0.39 is 12.2 Å². The summed E-state index contributed by atoms with van der Waals surface area (Å²) in [4.78, 5) is 25.4. The van der Waals surface area contributed by atoms with Crippen LogP contribution in [0.1, 0.15) is 22.3 Å². The molecule has 0 fully saturated rings. The fraction of sp³-hybridized carbons (Fsp3) is 0.176. The highest BCUT2D eigenvalue weighted by atomic mass is 16.6. The van der Waals surface area contributed by atoms with E-state index in [1.54, 1.807) is 0 Å². The SMILES string of the molecule is O=C(N[C@H](/C=C/[C@H](Cc1ccccc1)NC(=O)OCc1ccccc1)Cc1ccccc1)OCc1ccccc1. The summed E-state index contributed by atoms with van der Waals surface area (Å²) >= 11 is 0. The van der Waals surface area contributed by atoms with E-state index in [1.165, 1.54) is 0 Å². The van der Waals surface area contributed by atoms with E-state index in [-0.39, 0.29) is 25.3 Å². The summed E-state index contributed by atoms with van der Waals surface area (Å²) < 4.78 is 10.9. The second-order valence-corrected chi connectivity index (χ2v) is 9.39. The maximum atomic E-state index is 12.7. The zero-order chi connectivity index (χ0) is 27.8. The number of alkyl carbamates (subject to hydrolysis) is 2. The van der Waals surface area contributed by atoms with E-state index in [0.29, 0.717) is 12.8 Å². The van der Waals surface area contributed by atoms with Crippen LogP contribution >= 0.6 is 0 Å². The molecule has 4 aromatic carbocycles. The Balaban J connectivity index is 1.44. The Bertz CT molecular complexity index is 1220. The van der Waals surface area contributed by atoms with Gasteiger partial charge in [0, 0.05) is 0 Å². The Morgan fingerprint density at radius 2 is 0.800 bits per heavy atom. The van der Waals surface area contributed by atoms with Crippen molar-refractivity contribution in [2.24, 2.45) is 0 Å². The zero-order valence-corrected chi connectivity index (χ0v) is 22.3. The van der Waals surface area contributed by atoms with Crippen LogP contribution in [0.2, 0.25) is 0 Å². The molecule has 0 saturated heterocycles. The minimum Gasteiger partial charge on any atom is -0.445 e. The van der Waals surface area contributed by atoms with Gasteiger partial charge in [-0.15, -0.1) is 0 Å². The first-order valence-corrected chi connectivity index (χ1v) is 13.3. The third-order valence-corrected chi connectivity index (χ3v) is 6.20.